The molecule has 0 spiro atoms. The number of rotatable bonds is 4. The summed E-state index contributed by atoms with van der Waals surface area (Å²) in [5, 5.41) is 2.97. The summed E-state index contributed by atoms with van der Waals surface area (Å²) in [4.78, 5) is 27.6. The molecule has 1 amide bonds. The minimum Gasteiger partial charge on any atom is -0.374 e. The van der Waals surface area contributed by atoms with Crippen LogP contribution < -0.4 is 10.2 Å². The Morgan fingerprint density at radius 1 is 1.20 bits per heavy atom. The molecule has 0 radical (unpaired) electrons. The van der Waals surface area contributed by atoms with Gasteiger partial charge in [0.1, 0.15) is 11.9 Å². The van der Waals surface area contributed by atoms with E-state index < -0.39 is 11.9 Å². The summed E-state index contributed by atoms with van der Waals surface area (Å²) in [5.41, 5.74) is 2.25. The van der Waals surface area contributed by atoms with Crippen LogP contribution in [0.1, 0.15) is 12.5 Å². The van der Waals surface area contributed by atoms with E-state index in [0.717, 1.165) is 29.3 Å². The number of ether oxygens (including phenoxy) is 1. The Labute approximate surface area is 174 Å². The number of morpholine rings is 1. The molecule has 7 nitrogen and oxygen atoms in total. The lowest BCUT2D eigenvalue weighted by Crippen LogP contribution is -2.56. The third-order valence-corrected chi connectivity index (χ3v) is 5.07. The Kier molecular flexibility index (Phi) is 5.67. The molecule has 154 valence electrons. The molecule has 3 heterocycles. The zero-order valence-electron chi connectivity index (χ0n) is 16.7. The molecule has 0 bridgehead atoms. The molecule has 30 heavy (non-hydrogen) atoms. The highest BCUT2D eigenvalue weighted by Crippen LogP contribution is 2.26. The van der Waals surface area contributed by atoms with Crippen molar-refractivity contribution in [1.29, 1.82) is 0 Å². The quantitative estimate of drug-likeness (QED) is 0.715. The maximum atomic E-state index is 13.2. The largest absolute Gasteiger partial charge is 0.374 e. The highest BCUT2D eigenvalue weighted by molar-refractivity contribution is 5.98. The van der Waals surface area contributed by atoms with Gasteiger partial charge in [-0.05, 0) is 43.7 Å². The summed E-state index contributed by atoms with van der Waals surface area (Å²) < 4.78 is 18.9. The Bertz CT molecular complexity index is 1030. The fourth-order valence-corrected chi connectivity index (χ4v) is 3.56. The normalized spacial score (nSPS) is 18.8. The molecule has 0 aliphatic carbocycles. The second-order valence-electron chi connectivity index (χ2n) is 7.15. The van der Waals surface area contributed by atoms with Crippen LogP contribution in [0.25, 0.3) is 11.4 Å². The van der Waals surface area contributed by atoms with Gasteiger partial charge in [0, 0.05) is 24.0 Å². The number of anilines is 2. The van der Waals surface area contributed by atoms with Crippen LogP contribution in [-0.2, 0) is 9.53 Å². The fraction of sp³-hybridized carbons (Fsp3) is 0.273. The number of halogens is 1. The molecule has 2 unspecified atom stereocenters. The van der Waals surface area contributed by atoms with Gasteiger partial charge in [0.05, 0.1) is 25.1 Å². The topological polar surface area (TPSA) is 80.2 Å². The number of aromatic nitrogens is 3. The first-order valence-corrected chi connectivity index (χ1v) is 9.71. The van der Waals surface area contributed by atoms with Crippen molar-refractivity contribution < 1.29 is 13.9 Å². The lowest BCUT2D eigenvalue weighted by Gasteiger charge is -2.39. The monoisotopic (exact) mass is 407 g/mol. The van der Waals surface area contributed by atoms with Crippen molar-refractivity contribution in [3.8, 4) is 11.4 Å². The van der Waals surface area contributed by atoms with Crippen molar-refractivity contribution in [2.24, 2.45) is 0 Å². The van der Waals surface area contributed by atoms with Crippen LogP contribution in [0.4, 0.5) is 15.9 Å². The Morgan fingerprint density at radius 2 is 2.00 bits per heavy atom. The van der Waals surface area contributed by atoms with E-state index in [1.807, 2.05) is 49.1 Å². The van der Waals surface area contributed by atoms with Crippen molar-refractivity contribution in [3.05, 3.63) is 66.4 Å². The van der Waals surface area contributed by atoms with Gasteiger partial charge < -0.3 is 15.0 Å². The van der Waals surface area contributed by atoms with Crippen LogP contribution >= 0.6 is 0 Å². The van der Waals surface area contributed by atoms with E-state index in [9.17, 15) is 9.18 Å². The summed E-state index contributed by atoms with van der Waals surface area (Å²) in [6.07, 6.45) is 3.66. The van der Waals surface area contributed by atoms with E-state index in [0.29, 0.717) is 24.7 Å². The van der Waals surface area contributed by atoms with Crippen molar-refractivity contribution in [1.82, 2.24) is 15.0 Å². The minimum absolute atomic E-state index is 0.192. The van der Waals surface area contributed by atoms with Gasteiger partial charge in [0.15, 0.2) is 11.6 Å². The van der Waals surface area contributed by atoms with Crippen LogP contribution in [0.3, 0.4) is 0 Å². The average Bonchev–Trinajstić information content (AvgIpc) is 2.76. The number of nitrogens with zero attached hydrogens (tertiary/aromatic N) is 4. The van der Waals surface area contributed by atoms with E-state index in [2.05, 4.69) is 20.3 Å². The van der Waals surface area contributed by atoms with Gasteiger partial charge in [0.2, 0.25) is 5.91 Å². The van der Waals surface area contributed by atoms with Crippen molar-refractivity contribution in [2.75, 3.05) is 23.4 Å². The number of amides is 1. The maximum Gasteiger partial charge on any atom is 0.249 e. The van der Waals surface area contributed by atoms with Crippen LogP contribution in [0.15, 0.2) is 55.0 Å². The molecule has 1 saturated heterocycles. The van der Waals surface area contributed by atoms with Gasteiger partial charge in [-0.15, -0.1) is 0 Å². The number of nitrogens with one attached hydrogen (secondary N) is 1. The molecule has 4 rings (SSSR count). The molecule has 1 aliphatic rings. The minimum atomic E-state index is -0.527. The molecular weight excluding hydrogens is 385 g/mol. The lowest BCUT2D eigenvalue weighted by molar-refractivity contribution is -0.122. The Morgan fingerprint density at radius 3 is 2.73 bits per heavy atom. The Balaban J connectivity index is 1.59. The summed E-state index contributed by atoms with van der Waals surface area (Å²) in [6.45, 7) is 4.89. The molecule has 2 atom stereocenters. The van der Waals surface area contributed by atoms with E-state index in [1.54, 1.807) is 12.3 Å². The van der Waals surface area contributed by atoms with Crippen LogP contribution in [0, 0.1) is 12.7 Å². The standard InChI is InChI=1S/C22H22FN5O2/c1-14-6-7-17(11-18(14)21-25-12-16(23)13-26-21)27-22(29)20-15(2)30-10-9-28(20)19-5-3-4-8-24-19/h3-8,11-13,15,20H,9-10H2,1-2H3,(H,27,29). The van der Waals surface area contributed by atoms with Crippen molar-refractivity contribution in [2.45, 2.75) is 26.0 Å². The first-order chi connectivity index (χ1) is 14.5. The van der Waals surface area contributed by atoms with Crippen LogP contribution in [0.2, 0.25) is 0 Å². The first-order valence-electron chi connectivity index (χ1n) is 9.71. The third kappa shape index (κ3) is 4.13. The number of benzene rings is 1. The van der Waals surface area contributed by atoms with Crippen molar-refractivity contribution >= 4 is 17.4 Å². The number of hydrogen-bond acceptors (Lipinski definition) is 6. The van der Waals surface area contributed by atoms with E-state index in [1.165, 1.54) is 0 Å². The highest BCUT2D eigenvalue weighted by Gasteiger charge is 2.36. The number of aryl methyl sites for hydroxylation is 1. The third-order valence-electron chi connectivity index (χ3n) is 5.07. The summed E-state index contributed by atoms with van der Waals surface area (Å²) >= 11 is 0. The Hall–Kier alpha value is -3.39. The molecular formula is C22H22FN5O2. The number of carbonyl (C=O) groups excluding carboxylic acids is 1. The van der Waals surface area contributed by atoms with E-state index in [-0.39, 0.29) is 12.0 Å². The number of hydrogen-bond donors (Lipinski definition) is 1. The molecule has 1 N–H and O–H groups in total. The summed E-state index contributed by atoms with van der Waals surface area (Å²) in [7, 11) is 0. The molecule has 8 heteroatoms. The van der Waals surface area contributed by atoms with Gasteiger partial charge in [-0.2, -0.15) is 0 Å². The molecule has 0 saturated carbocycles. The number of pyridine rings is 1. The molecule has 1 aliphatic heterocycles. The predicted molar refractivity (Wildman–Crippen MR) is 112 cm³/mol. The zero-order valence-corrected chi connectivity index (χ0v) is 16.7. The smallest absolute Gasteiger partial charge is 0.249 e. The summed E-state index contributed by atoms with van der Waals surface area (Å²) in [6, 6.07) is 10.6. The van der Waals surface area contributed by atoms with E-state index in [4.69, 9.17) is 4.74 Å². The van der Waals surface area contributed by atoms with Gasteiger partial charge >= 0.3 is 0 Å². The highest BCUT2D eigenvalue weighted by atomic mass is 19.1. The zero-order chi connectivity index (χ0) is 21.1. The maximum absolute atomic E-state index is 13.2. The van der Waals surface area contributed by atoms with Gasteiger partial charge in [-0.3, -0.25) is 4.79 Å². The number of carbonyl (C=O) groups is 1. The first kappa shape index (κ1) is 19.9. The van der Waals surface area contributed by atoms with Gasteiger partial charge in [0.25, 0.3) is 0 Å². The SMILES string of the molecule is Cc1ccc(NC(=O)C2C(C)OCCN2c2ccccn2)cc1-c1ncc(F)cn1. The van der Waals surface area contributed by atoms with E-state index >= 15 is 0 Å². The van der Waals surface area contributed by atoms with Gasteiger partial charge in [-0.1, -0.05) is 12.1 Å². The molecule has 2 aromatic heterocycles. The van der Waals surface area contributed by atoms with Crippen molar-refractivity contribution in [3.63, 3.8) is 0 Å². The lowest BCUT2D eigenvalue weighted by atomic mass is 10.1. The predicted octanol–water partition coefficient (Wildman–Crippen LogP) is 3.22. The van der Waals surface area contributed by atoms with Crippen LogP contribution in [0.5, 0.6) is 0 Å². The van der Waals surface area contributed by atoms with Gasteiger partial charge in [-0.25, -0.2) is 19.3 Å². The fourth-order valence-electron chi connectivity index (χ4n) is 3.56. The molecule has 1 fully saturated rings. The van der Waals surface area contributed by atoms with Crippen LogP contribution in [-0.4, -0.2) is 46.2 Å². The molecule has 1 aromatic carbocycles. The second-order valence-corrected chi connectivity index (χ2v) is 7.15. The average molecular weight is 407 g/mol. The second kappa shape index (κ2) is 8.54. The summed E-state index contributed by atoms with van der Waals surface area (Å²) in [5.74, 6) is 0.441. The molecule has 3 aromatic rings.